The Morgan fingerprint density at radius 3 is 2.00 bits per heavy atom. The number of hydrogen-bond donors (Lipinski definition) is 0. The second-order valence-electron chi connectivity index (χ2n) is 8.56. The largest absolute Gasteiger partial charge is 0.0651 e. The van der Waals surface area contributed by atoms with Crippen LogP contribution in [0.3, 0.4) is 0 Å². The minimum Gasteiger partial charge on any atom is -0.0651 e. The van der Waals surface area contributed by atoms with Crippen molar-refractivity contribution >= 4 is 0 Å². The highest BCUT2D eigenvalue weighted by Gasteiger charge is 2.48. The van der Waals surface area contributed by atoms with Crippen LogP contribution in [0.15, 0.2) is 0 Å². The Bertz CT molecular complexity index is 305. The molecule has 0 bridgehead atoms. The monoisotopic (exact) mass is 278 g/mol. The zero-order valence-corrected chi connectivity index (χ0v) is 15.0. The van der Waals surface area contributed by atoms with E-state index in [4.69, 9.17) is 0 Å². The van der Waals surface area contributed by atoms with E-state index in [-0.39, 0.29) is 0 Å². The van der Waals surface area contributed by atoms with Crippen LogP contribution >= 0.6 is 0 Å². The highest BCUT2D eigenvalue weighted by Crippen LogP contribution is 2.56. The van der Waals surface area contributed by atoms with Gasteiger partial charge in [0.05, 0.1) is 0 Å². The first kappa shape index (κ1) is 16.4. The maximum Gasteiger partial charge on any atom is -0.0331 e. The summed E-state index contributed by atoms with van der Waals surface area (Å²) in [5.74, 6) is 8.79. The molecule has 2 aliphatic rings. The van der Waals surface area contributed by atoms with Crippen molar-refractivity contribution in [3.8, 4) is 0 Å². The second-order valence-corrected chi connectivity index (χ2v) is 8.56. The number of rotatable bonds is 5. The van der Waals surface area contributed by atoms with Crippen molar-refractivity contribution in [2.45, 2.75) is 74.1 Å². The van der Waals surface area contributed by atoms with Gasteiger partial charge in [0.25, 0.3) is 0 Å². The van der Waals surface area contributed by atoms with Crippen molar-refractivity contribution in [2.75, 3.05) is 0 Å². The van der Waals surface area contributed by atoms with Crippen LogP contribution in [-0.2, 0) is 0 Å². The minimum atomic E-state index is 0.867. The second kappa shape index (κ2) is 6.41. The Labute approximate surface area is 128 Å². The Morgan fingerprint density at radius 1 is 0.900 bits per heavy atom. The van der Waals surface area contributed by atoms with E-state index in [0.29, 0.717) is 0 Å². The number of hydrogen-bond acceptors (Lipinski definition) is 0. The Balaban J connectivity index is 2.10. The molecule has 0 aromatic heterocycles. The molecule has 0 heterocycles. The Hall–Kier alpha value is 0. The van der Waals surface area contributed by atoms with Crippen LogP contribution in [0.2, 0.25) is 0 Å². The third-order valence-corrected chi connectivity index (χ3v) is 7.46. The van der Waals surface area contributed by atoms with E-state index in [9.17, 15) is 0 Å². The van der Waals surface area contributed by atoms with Gasteiger partial charge in [-0.3, -0.25) is 0 Å². The van der Waals surface area contributed by atoms with Crippen LogP contribution in [0, 0.1) is 53.3 Å². The lowest BCUT2D eigenvalue weighted by molar-refractivity contribution is -0.00134. The first-order chi connectivity index (χ1) is 9.42. The van der Waals surface area contributed by atoms with Crippen LogP contribution in [0.25, 0.3) is 0 Å². The molecule has 0 radical (unpaired) electrons. The third kappa shape index (κ3) is 2.69. The summed E-state index contributed by atoms with van der Waals surface area (Å²) in [6.45, 7) is 17.4. The minimum absolute atomic E-state index is 0.867. The van der Waals surface area contributed by atoms with Gasteiger partial charge in [-0.1, -0.05) is 61.3 Å². The molecular formula is C20H38. The maximum absolute atomic E-state index is 2.60. The highest BCUT2D eigenvalue weighted by atomic mass is 14.5. The SMILES string of the molecule is CCC1CC(C(C)C2CC(C)C2CC)C(C(C)C)C1C. The zero-order valence-electron chi connectivity index (χ0n) is 15.0. The van der Waals surface area contributed by atoms with Gasteiger partial charge in [0.2, 0.25) is 0 Å². The molecule has 0 aliphatic heterocycles. The van der Waals surface area contributed by atoms with E-state index in [1.54, 1.807) is 0 Å². The lowest BCUT2D eigenvalue weighted by Gasteiger charge is -2.49. The standard InChI is InChI=1S/C20H38/c1-8-16-11-19(20(12(3)4)14(16)6)15(7)18-10-13(5)17(18)9-2/h12-20H,8-11H2,1-7H3. The van der Waals surface area contributed by atoms with E-state index in [1.807, 2.05) is 0 Å². The molecule has 0 heteroatoms. The summed E-state index contributed by atoms with van der Waals surface area (Å²) < 4.78 is 0. The van der Waals surface area contributed by atoms with Gasteiger partial charge in [-0.2, -0.15) is 0 Å². The van der Waals surface area contributed by atoms with Crippen LogP contribution in [-0.4, -0.2) is 0 Å². The molecule has 0 saturated heterocycles. The Morgan fingerprint density at radius 2 is 1.55 bits per heavy atom. The molecule has 2 aliphatic carbocycles. The zero-order chi connectivity index (χ0) is 15.0. The maximum atomic E-state index is 2.60. The van der Waals surface area contributed by atoms with E-state index < -0.39 is 0 Å². The van der Waals surface area contributed by atoms with Crippen LogP contribution < -0.4 is 0 Å². The van der Waals surface area contributed by atoms with E-state index in [2.05, 4.69) is 48.5 Å². The molecule has 8 atom stereocenters. The van der Waals surface area contributed by atoms with Gasteiger partial charge in [-0.25, -0.2) is 0 Å². The summed E-state index contributed by atoms with van der Waals surface area (Å²) in [6, 6.07) is 0. The Kier molecular flexibility index (Phi) is 5.24. The quantitative estimate of drug-likeness (QED) is 0.557. The summed E-state index contributed by atoms with van der Waals surface area (Å²) in [4.78, 5) is 0. The molecule has 0 aromatic rings. The first-order valence-corrected chi connectivity index (χ1v) is 9.42. The fourth-order valence-corrected chi connectivity index (χ4v) is 6.26. The average Bonchev–Trinajstić information content (AvgIpc) is 2.72. The molecule has 2 fully saturated rings. The average molecular weight is 279 g/mol. The van der Waals surface area contributed by atoms with Crippen molar-refractivity contribution < 1.29 is 0 Å². The lowest BCUT2D eigenvalue weighted by Crippen LogP contribution is -2.42. The van der Waals surface area contributed by atoms with E-state index >= 15 is 0 Å². The van der Waals surface area contributed by atoms with Crippen LogP contribution in [0.5, 0.6) is 0 Å². The summed E-state index contributed by atoms with van der Waals surface area (Å²) in [5, 5.41) is 0. The van der Waals surface area contributed by atoms with Crippen molar-refractivity contribution in [3.05, 3.63) is 0 Å². The smallest absolute Gasteiger partial charge is 0.0331 e. The van der Waals surface area contributed by atoms with Gasteiger partial charge in [-0.05, 0) is 66.1 Å². The molecule has 2 rings (SSSR count). The first-order valence-electron chi connectivity index (χ1n) is 9.42. The third-order valence-electron chi connectivity index (χ3n) is 7.46. The van der Waals surface area contributed by atoms with Gasteiger partial charge in [-0.15, -0.1) is 0 Å². The summed E-state index contributed by atoms with van der Waals surface area (Å²) in [7, 11) is 0. The predicted octanol–water partition coefficient (Wildman–Crippen LogP) is 6.26. The van der Waals surface area contributed by atoms with Gasteiger partial charge < -0.3 is 0 Å². The normalized spacial score (nSPS) is 46.5. The van der Waals surface area contributed by atoms with E-state index in [0.717, 1.165) is 53.3 Å². The molecule has 2 saturated carbocycles. The van der Waals surface area contributed by atoms with Gasteiger partial charge in [0.15, 0.2) is 0 Å². The summed E-state index contributed by atoms with van der Waals surface area (Å²) >= 11 is 0. The predicted molar refractivity (Wildman–Crippen MR) is 89.6 cm³/mol. The molecule has 118 valence electrons. The summed E-state index contributed by atoms with van der Waals surface area (Å²) in [5.41, 5.74) is 0. The molecule has 8 unspecified atom stereocenters. The molecule has 0 aromatic carbocycles. The molecule has 0 N–H and O–H groups in total. The summed E-state index contributed by atoms with van der Waals surface area (Å²) in [6.07, 6.45) is 5.82. The van der Waals surface area contributed by atoms with Crippen molar-refractivity contribution in [2.24, 2.45) is 53.3 Å². The van der Waals surface area contributed by atoms with Gasteiger partial charge >= 0.3 is 0 Å². The molecule has 0 spiro atoms. The van der Waals surface area contributed by atoms with Crippen LogP contribution in [0.1, 0.15) is 74.1 Å². The topological polar surface area (TPSA) is 0 Å². The molecule has 0 nitrogen and oxygen atoms in total. The van der Waals surface area contributed by atoms with Crippen LogP contribution in [0.4, 0.5) is 0 Å². The fraction of sp³-hybridized carbons (Fsp3) is 1.00. The van der Waals surface area contributed by atoms with Crippen molar-refractivity contribution in [3.63, 3.8) is 0 Å². The molecule has 0 amide bonds. The highest BCUT2D eigenvalue weighted by molar-refractivity contribution is 4.97. The van der Waals surface area contributed by atoms with Crippen molar-refractivity contribution in [1.82, 2.24) is 0 Å². The molecule has 20 heavy (non-hydrogen) atoms. The molecular weight excluding hydrogens is 240 g/mol. The van der Waals surface area contributed by atoms with E-state index in [1.165, 1.54) is 25.7 Å². The van der Waals surface area contributed by atoms with Gasteiger partial charge in [0, 0.05) is 0 Å². The van der Waals surface area contributed by atoms with Crippen molar-refractivity contribution in [1.29, 1.82) is 0 Å². The fourth-order valence-electron chi connectivity index (χ4n) is 6.26. The lowest BCUT2D eigenvalue weighted by atomic mass is 9.56. The van der Waals surface area contributed by atoms with Gasteiger partial charge in [0.1, 0.15) is 0 Å².